The van der Waals surface area contributed by atoms with E-state index in [1.807, 2.05) is 17.9 Å². The lowest BCUT2D eigenvalue weighted by molar-refractivity contribution is 0.0902. The lowest BCUT2D eigenvalue weighted by Gasteiger charge is -2.38. The first-order chi connectivity index (χ1) is 17.5. The molecule has 5 rings (SSSR count). The fraction of sp³-hybridized carbons (Fsp3) is 0.167. The Morgan fingerprint density at radius 3 is 2.75 bits per heavy atom. The third-order valence-electron chi connectivity index (χ3n) is 5.83. The van der Waals surface area contributed by atoms with Gasteiger partial charge in [0.2, 0.25) is 0 Å². The summed E-state index contributed by atoms with van der Waals surface area (Å²) in [7, 11) is 3.48. The Labute approximate surface area is 205 Å². The average Bonchev–Trinajstić information content (AvgIpc) is 3.32. The predicted octanol–water partition coefficient (Wildman–Crippen LogP) is 0.970. The molecule has 1 fully saturated rings. The van der Waals surface area contributed by atoms with Gasteiger partial charge in [0, 0.05) is 39.1 Å². The molecule has 0 aliphatic carbocycles. The van der Waals surface area contributed by atoms with Crippen LogP contribution in [-0.4, -0.2) is 69.0 Å². The number of nitrogens with one attached hydrogen (secondary N) is 3. The van der Waals surface area contributed by atoms with Gasteiger partial charge in [0.1, 0.15) is 17.5 Å². The van der Waals surface area contributed by atoms with Crippen molar-refractivity contribution >= 4 is 40.8 Å². The summed E-state index contributed by atoms with van der Waals surface area (Å²) < 4.78 is 1.40. The van der Waals surface area contributed by atoms with E-state index in [0.717, 1.165) is 0 Å². The van der Waals surface area contributed by atoms with Gasteiger partial charge in [-0.1, -0.05) is 6.07 Å². The third kappa shape index (κ3) is 3.88. The van der Waals surface area contributed by atoms with Crippen molar-refractivity contribution < 1.29 is 14.4 Å². The van der Waals surface area contributed by atoms with Crippen LogP contribution in [-0.2, 0) is 9.59 Å². The number of carbonyl (C=O) groups excluding carboxylic acids is 3. The van der Waals surface area contributed by atoms with E-state index in [4.69, 9.17) is 0 Å². The molecule has 180 valence electrons. The topological polar surface area (TPSA) is 137 Å². The Morgan fingerprint density at radius 2 is 2.06 bits per heavy atom. The van der Waals surface area contributed by atoms with Crippen LogP contribution in [0.5, 0.6) is 0 Å². The average molecular weight is 483 g/mol. The zero-order valence-electron chi connectivity index (χ0n) is 19.4. The Balaban J connectivity index is 1.45. The molecule has 0 unspecified atom stereocenters. The van der Waals surface area contributed by atoms with Crippen LogP contribution >= 0.6 is 0 Å². The lowest BCUT2D eigenvalue weighted by atomic mass is 10.1. The Hall–Kier alpha value is -5.18. The van der Waals surface area contributed by atoms with Crippen molar-refractivity contribution in [3.05, 3.63) is 77.8 Å². The van der Waals surface area contributed by atoms with E-state index in [1.54, 1.807) is 66.6 Å². The van der Waals surface area contributed by atoms with E-state index in [9.17, 15) is 14.4 Å². The van der Waals surface area contributed by atoms with Crippen molar-refractivity contribution in [3.8, 4) is 0 Å². The number of likely N-dealkylation sites (tertiary alicyclic amines) is 1. The second-order valence-corrected chi connectivity index (χ2v) is 8.02. The van der Waals surface area contributed by atoms with Gasteiger partial charge < -0.3 is 20.9 Å². The van der Waals surface area contributed by atoms with Gasteiger partial charge in [-0.3, -0.25) is 9.69 Å². The highest BCUT2D eigenvalue weighted by Gasteiger charge is 2.33. The minimum absolute atomic E-state index is 0.184. The number of likely N-dealkylation sites (N-methyl/N-ethyl adjacent to an activating group) is 1. The van der Waals surface area contributed by atoms with Crippen molar-refractivity contribution in [2.24, 2.45) is 0 Å². The summed E-state index contributed by atoms with van der Waals surface area (Å²) in [5, 5.41) is 13.5. The summed E-state index contributed by atoms with van der Waals surface area (Å²) in [6.07, 6.45) is 8.23. The van der Waals surface area contributed by atoms with E-state index >= 15 is 0 Å². The van der Waals surface area contributed by atoms with Crippen molar-refractivity contribution in [2.45, 2.75) is 6.04 Å². The second kappa shape index (κ2) is 9.22. The van der Waals surface area contributed by atoms with E-state index < -0.39 is 11.9 Å². The smallest absolute Gasteiger partial charge is 0.272 e. The van der Waals surface area contributed by atoms with Crippen LogP contribution in [0, 0.1) is 0 Å². The van der Waals surface area contributed by atoms with Crippen molar-refractivity contribution in [1.29, 1.82) is 0 Å². The van der Waals surface area contributed by atoms with Crippen LogP contribution in [0.3, 0.4) is 0 Å². The highest BCUT2D eigenvalue weighted by Crippen LogP contribution is 2.27. The van der Waals surface area contributed by atoms with Gasteiger partial charge in [0.15, 0.2) is 28.8 Å². The van der Waals surface area contributed by atoms with Crippen LogP contribution in [0.4, 0.5) is 17.3 Å². The molecule has 0 bridgehead atoms. The van der Waals surface area contributed by atoms with Crippen LogP contribution < -0.4 is 20.9 Å². The quantitative estimate of drug-likeness (QED) is 0.435. The first kappa shape index (κ1) is 22.6. The number of imidazole rings is 1. The van der Waals surface area contributed by atoms with Gasteiger partial charge in [0.05, 0.1) is 23.6 Å². The summed E-state index contributed by atoms with van der Waals surface area (Å²) in [4.78, 5) is 48.0. The van der Waals surface area contributed by atoms with Crippen molar-refractivity contribution in [2.75, 3.05) is 36.2 Å². The molecule has 3 aromatic heterocycles. The number of rotatable bonds is 6. The molecule has 1 amide bonds. The Bertz CT molecular complexity index is 1510. The number of nitrogens with zero attached hydrogens (tertiary/aromatic N) is 6. The molecule has 36 heavy (non-hydrogen) atoms. The highest BCUT2D eigenvalue weighted by molar-refractivity contribution is 5.94. The van der Waals surface area contributed by atoms with Crippen LogP contribution in [0.2, 0.25) is 0 Å². The lowest BCUT2D eigenvalue weighted by Crippen LogP contribution is -2.55. The molecule has 2 aliphatic heterocycles. The molecule has 0 saturated carbocycles. The minimum atomic E-state index is -0.435. The fourth-order valence-corrected chi connectivity index (χ4v) is 4.01. The van der Waals surface area contributed by atoms with E-state index in [2.05, 4.69) is 31.0 Å². The van der Waals surface area contributed by atoms with Gasteiger partial charge >= 0.3 is 0 Å². The molecular weight excluding hydrogens is 462 g/mol. The molecule has 3 N–H and O–H groups in total. The van der Waals surface area contributed by atoms with Crippen LogP contribution in [0.25, 0.3) is 5.65 Å². The summed E-state index contributed by atoms with van der Waals surface area (Å²) in [5.74, 6) is 4.29. The largest absolute Gasteiger partial charge is 0.385 e. The standard InChI is InChI=1S/C24H21N9O3/c1-25-16-10-21(28-15-6-5-9-32(20(15)14-35)22-7-3-4-8-26-22)30-33-18(11-27-23(16)33)24(36)29-17-12-31(2)19(17)13-34/h3-11,17,25H,12H2,1-2H3,(H,28,30)(H,29,36)/t17-/m1/s1. The maximum absolute atomic E-state index is 13.0. The number of hydrogen-bond acceptors (Lipinski definition) is 10. The van der Waals surface area contributed by atoms with Gasteiger partial charge in [-0.25, -0.2) is 24.1 Å². The zero-order chi connectivity index (χ0) is 25.2. The second-order valence-electron chi connectivity index (χ2n) is 8.02. The third-order valence-corrected chi connectivity index (χ3v) is 5.83. The molecule has 5 heterocycles. The van der Waals surface area contributed by atoms with E-state index in [0.29, 0.717) is 40.9 Å². The Kier molecular flexibility index (Phi) is 5.79. The molecule has 1 atom stereocenters. The maximum atomic E-state index is 13.0. The SMILES string of the molecule is CNc1cc(NC2=CC=CN(c3ccccn3)C2=C=O)nn2c(C(=O)N[C@@H]3CN(C)C3=C=O)cnc12. The molecule has 12 heteroatoms. The molecular formula is C24H21N9O3. The summed E-state index contributed by atoms with van der Waals surface area (Å²) in [6.45, 7) is 0.504. The van der Waals surface area contributed by atoms with Gasteiger partial charge in [-0.15, -0.1) is 5.10 Å². The van der Waals surface area contributed by atoms with Gasteiger partial charge in [-0.05, 0) is 24.3 Å². The first-order valence-electron chi connectivity index (χ1n) is 11.0. The number of anilines is 3. The fourth-order valence-electron chi connectivity index (χ4n) is 4.01. The van der Waals surface area contributed by atoms with Crippen LogP contribution in [0.15, 0.2) is 72.1 Å². The molecule has 3 aromatic rings. The van der Waals surface area contributed by atoms with Crippen molar-refractivity contribution in [3.63, 3.8) is 0 Å². The van der Waals surface area contributed by atoms with Crippen molar-refractivity contribution in [1.82, 2.24) is 29.8 Å². The summed E-state index contributed by atoms with van der Waals surface area (Å²) in [5.41, 5.74) is 2.26. The van der Waals surface area contributed by atoms with Gasteiger partial charge in [-0.2, -0.15) is 0 Å². The molecule has 2 aliphatic rings. The van der Waals surface area contributed by atoms with Gasteiger partial charge in [0.25, 0.3) is 5.91 Å². The number of hydrogen-bond donors (Lipinski definition) is 3. The number of allylic oxidation sites excluding steroid dienone is 2. The van der Waals surface area contributed by atoms with E-state index in [-0.39, 0.29) is 11.4 Å². The number of aromatic nitrogens is 4. The molecule has 12 nitrogen and oxygen atoms in total. The molecule has 0 radical (unpaired) electrons. The summed E-state index contributed by atoms with van der Waals surface area (Å²) >= 11 is 0. The maximum Gasteiger partial charge on any atom is 0.272 e. The normalized spacial score (nSPS) is 16.7. The van der Waals surface area contributed by atoms with E-state index in [1.165, 1.54) is 10.7 Å². The monoisotopic (exact) mass is 483 g/mol. The number of fused-ring (bicyclic) bond motifs is 1. The molecule has 0 spiro atoms. The number of amides is 1. The molecule has 0 aromatic carbocycles. The zero-order valence-corrected chi connectivity index (χ0v) is 19.4. The Morgan fingerprint density at radius 1 is 1.19 bits per heavy atom. The number of carbonyl (C=O) groups is 1. The molecule has 1 saturated heterocycles. The highest BCUT2D eigenvalue weighted by atomic mass is 16.2. The number of pyridine rings is 1. The first-order valence-corrected chi connectivity index (χ1v) is 11.0. The minimum Gasteiger partial charge on any atom is -0.385 e. The van der Waals surface area contributed by atoms with Crippen LogP contribution in [0.1, 0.15) is 10.5 Å². The predicted molar refractivity (Wildman–Crippen MR) is 132 cm³/mol. The summed E-state index contributed by atoms with van der Waals surface area (Å²) in [6, 6.07) is 6.67.